The summed E-state index contributed by atoms with van der Waals surface area (Å²) in [6.45, 7) is 0.610. The van der Waals surface area contributed by atoms with E-state index in [0.717, 1.165) is 25.7 Å². The number of aliphatic hydroxyl groups excluding tert-OH is 1. The topological polar surface area (TPSA) is 84.6 Å². The van der Waals surface area contributed by atoms with Crippen LogP contribution in [-0.2, 0) is 0 Å². The van der Waals surface area contributed by atoms with Crippen LogP contribution in [0.5, 0.6) is 5.75 Å². The number of ether oxygens (including phenoxy) is 1. The van der Waals surface area contributed by atoms with E-state index in [2.05, 4.69) is 5.32 Å². The summed E-state index contributed by atoms with van der Waals surface area (Å²) in [5.74, 6) is 0.423. The molecule has 0 spiro atoms. The fourth-order valence-corrected chi connectivity index (χ4v) is 2.75. The van der Waals surface area contributed by atoms with Crippen LogP contribution >= 0.6 is 0 Å². The molecule has 0 saturated heterocycles. The minimum atomic E-state index is -0.204. The zero-order valence-electron chi connectivity index (χ0n) is 11.8. The fourth-order valence-electron chi connectivity index (χ4n) is 2.75. The first-order valence-electron chi connectivity index (χ1n) is 6.93. The van der Waals surface area contributed by atoms with Crippen molar-refractivity contribution >= 4 is 11.6 Å². The second-order valence-electron chi connectivity index (χ2n) is 5.50. The molecule has 0 aromatic heterocycles. The average Bonchev–Trinajstić information content (AvgIpc) is 2.94. The van der Waals surface area contributed by atoms with Crippen molar-refractivity contribution in [2.45, 2.75) is 25.7 Å². The lowest BCUT2D eigenvalue weighted by atomic mass is 9.87. The fraction of sp³-hybridized carbons (Fsp3) is 0.533. The van der Waals surface area contributed by atoms with Crippen LogP contribution in [0.4, 0.5) is 5.69 Å². The Bertz CT molecular complexity index is 482. The molecule has 0 radical (unpaired) electrons. The van der Waals surface area contributed by atoms with Gasteiger partial charge in [-0.25, -0.2) is 0 Å². The number of anilines is 1. The standard InChI is InChI=1S/C15H22N2O3/c1-20-11-4-5-12(13(16)8-11)14(19)17-9-15(10-18)6-2-3-7-15/h4-5,8,18H,2-3,6-7,9-10,16H2,1H3,(H,17,19). The molecule has 1 fully saturated rings. The molecule has 0 atom stereocenters. The summed E-state index contributed by atoms with van der Waals surface area (Å²) in [6.07, 6.45) is 4.14. The SMILES string of the molecule is COc1ccc(C(=O)NCC2(CO)CCCC2)c(N)c1. The maximum absolute atomic E-state index is 12.2. The number of amides is 1. The van der Waals surface area contributed by atoms with E-state index in [0.29, 0.717) is 23.5 Å². The average molecular weight is 278 g/mol. The maximum atomic E-state index is 12.2. The normalized spacial score (nSPS) is 16.9. The highest BCUT2D eigenvalue weighted by molar-refractivity contribution is 5.99. The van der Waals surface area contributed by atoms with E-state index in [1.807, 2.05) is 0 Å². The van der Waals surface area contributed by atoms with Crippen LogP contribution in [0.2, 0.25) is 0 Å². The van der Waals surface area contributed by atoms with Gasteiger partial charge in [0.25, 0.3) is 5.91 Å². The zero-order valence-corrected chi connectivity index (χ0v) is 11.8. The van der Waals surface area contributed by atoms with Gasteiger partial charge in [0.15, 0.2) is 0 Å². The van der Waals surface area contributed by atoms with Crippen molar-refractivity contribution in [1.29, 1.82) is 0 Å². The van der Waals surface area contributed by atoms with Gasteiger partial charge < -0.3 is 20.9 Å². The van der Waals surface area contributed by atoms with Crippen molar-refractivity contribution in [3.05, 3.63) is 23.8 Å². The lowest BCUT2D eigenvalue weighted by molar-refractivity contribution is 0.0881. The number of benzene rings is 1. The van der Waals surface area contributed by atoms with Crippen LogP contribution < -0.4 is 15.8 Å². The Hall–Kier alpha value is -1.75. The van der Waals surface area contributed by atoms with Gasteiger partial charge in [-0.2, -0.15) is 0 Å². The molecule has 1 amide bonds. The number of hydrogen-bond acceptors (Lipinski definition) is 4. The van der Waals surface area contributed by atoms with Gasteiger partial charge in [-0.05, 0) is 25.0 Å². The number of carbonyl (C=O) groups is 1. The Balaban J connectivity index is 2.01. The van der Waals surface area contributed by atoms with E-state index in [-0.39, 0.29) is 17.9 Å². The summed E-state index contributed by atoms with van der Waals surface area (Å²) in [5.41, 5.74) is 6.54. The minimum absolute atomic E-state index is 0.116. The molecular weight excluding hydrogens is 256 g/mol. The van der Waals surface area contributed by atoms with Gasteiger partial charge in [0, 0.05) is 23.7 Å². The van der Waals surface area contributed by atoms with E-state index >= 15 is 0 Å². The van der Waals surface area contributed by atoms with E-state index < -0.39 is 0 Å². The Morgan fingerprint density at radius 1 is 1.45 bits per heavy atom. The third kappa shape index (κ3) is 3.04. The van der Waals surface area contributed by atoms with E-state index in [4.69, 9.17) is 10.5 Å². The molecule has 0 bridgehead atoms. The number of carbonyl (C=O) groups excluding carboxylic acids is 1. The largest absolute Gasteiger partial charge is 0.497 e. The van der Waals surface area contributed by atoms with Gasteiger partial charge >= 0.3 is 0 Å². The Morgan fingerprint density at radius 2 is 2.15 bits per heavy atom. The second-order valence-corrected chi connectivity index (χ2v) is 5.50. The number of nitrogens with two attached hydrogens (primary N) is 1. The Kier molecular flexibility index (Phi) is 4.49. The van der Waals surface area contributed by atoms with E-state index in [1.165, 1.54) is 0 Å². The smallest absolute Gasteiger partial charge is 0.253 e. The molecule has 20 heavy (non-hydrogen) atoms. The van der Waals surface area contributed by atoms with Gasteiger partial charge in [0.1, 0.15) is 5.75 Å². The highest BCUT2D eigenvalue weighted by Gasteiger charge is 2.33. The molecule has 2 rings (SSSR count). The second kappa shape index (κ2) is 6.13. The predicted molar refractivity (Wildman–Crippen MR) is 77.7 cm³/mol. The third-order valence-electron chi connectivity index (χ3n) is 4.13. The zero-order chi connectivity index (χ0) is 14.6. The summed E-state index contributed by atoms with van der Waals surface area (Å²) >= 11 is 0. The maximum Gasteiger partial charge on any atom is 0.253 e. The molecule has 1 aromatic carbocycles. The van der Waals surface area contributed by atoms with Crippen molar-refractivity contribution in [3.8, 4) is 5.75 Å². The minimum Gasteiger partial charge on any atom is -0.497 e. The lowest BCUT2D eigenvalue weighted by Gasteiger charge is -2.26. The molecule has 5 heteroatoms. The first kappa shape index (κ1) is 14.7. The molecule has 1 aliphatic rings. The molecule has 110 valence electrons. The number of aliphatic hydroxyl groups is 1. The van der Waals surface area contributed by atoms with Crippen LogP contribution in [0.1, 0.15) is 36.0 Å². The Morgan fingerprint density at radius 3 is 2.70 bits per heavy atom. The van der Waals surface area contributed by atoms with Crippen LogP contribution in [0.15, 0.2) is 18.2 Å². The van der Waals surface area contributed by atoms with Crippen LogP contribution in [0.25, 0.3) is 0 Å². The molecule has 1 aliphatic carbocycles. The number of nitrogen functional groups attached to an aromatic ring is 1. The molecule has 1 saturated carbocycles. The van der Waals surface area contributed by atoms with Gasteiger partial charge in [-0.3, -0.25) is 4.79 Å². The lowest BCUT2D eigenvalue weighted by Crippen LogP contribution is -2.38. The predicted octanol–water partition coefficient (Wildman–Crippen LogP) is 1.56. The quantitative estimate of drug-likeness (QED) is 0.714. The molecule has 0 unspecified atom stereocenters. The van der Waals surface area contributed by atoms with Crippen molar-refractivity contribution in [2.24, 2.45) is 5.41 Å². The van der Waals surface area contributed by atoms with Crippen LogP contribution in [0.3, 0.4) is 0 Å². The van der Waals surface area contributed by atoms with Crippen LogP contribution in [0, 0.1) is 5.41 Å². The first-order valence-corrected chi connectivity index (χ1v) is 6.93. The van der Waals surface area contributed by atoms with Crippen molar-refractivity contribution in [1.82, 2.24) is 5.32 Å². The Labute approximate surface area is 119 Å². The molecule has 4 N–H and O–H groups in total. The molecule has 0 aliphatic heterocycles. The summed E-state index contributed by atoms with van der Waals surface area (Å²) in [6, 6.07) is 5.00. The molecule has 1 aromatic rings. The van der Waals surface area contributed by atoms with E-state index in [9.17, 15) is 9.90 Å². The summed E-state index contributed by atoms with van der Waals surface area (Å²) < 4.78 is 5.06. The van der Waals surface area contributed by atoms with Crippen molar-refractivity contribution < 1.29 is 14.6 Å². The molecule has 0 heterocycles. The highest BCUT2D eigenvalue weighted by atomic mass is 16.5. The number of methoxy groups -OCH3 is 1. The summed E-state index contributed by atoms with van der Waals surface area (Å²) in [4.78, 5) is 12.2. The first-order chi connectivity index (χ1) is 9.60. The van der Waals surface area contributed by atoms with Crippen LogP contribution in [-0.4, -0.2) is 31.3 Å². The number of hydrogen-bond donors (Lipinski definition) is 3. The van der Waals surface area contributed by atoms with Crippen molar-refractivity contribution in [3.63, 3.8) is 0 Å². The summed E-state index contributed by atoms with van der Waals surface area (Å²) in [7, 11) is 1.56. The summed E-state index contributed by atoms with van der Waals surface area (Å²) in [5, 5.41) is 12.4. The van der Waals surface area contributed by atoms with Gasteiger partial charge in [-0.1, -0.05) is 12.8 Å². The number of rotatable bonds is 5. The molecular formula is C15H22N2O3. The highest BCUT2D eigenvalue weighted by Crippen LogP contribution is 2.37. The molecule has 5 nitrogen and oxygen atoms in total. The van der Waals surface area contributed by atoms with E-state index in [1.54, 1.807) is 25.3 Å². The van der Waals surface area contributed by atoms with Gasteiger partial charge in [0.2, 0.25) is 0 Å². The van der Waals surface area contributed by atoms with Crippen molar-refractivity contribution in [2.75, 3.05) is 26.0 Å². The monoisotopic (exact) mass is 278 g/mol. The van der Waals surface area contributed by atoms with Gasteiger partial charge in [0.05, 0.1) is 19.3 Å². The number of nitrogens with one attached hydrogen (secondary N) is 1. The third-order valence-corrected chi connectivity index (χ3v) is 4.13. The van der Waals surface area contributed by atoms with Gasteiger partial charge in [-0.15, -0.1) is 0 Å².